The summed E-state index contributed by atoms with van der Waals surface area (Å²) >= 11 is 1.55. The van der Waals surface area contributed by atoms with Gasteiger partial charge in [0.05, 0.1) is 23.3 Å². The van der Waals surface area contributed by atoms with Crippen molar-refractivity contribution in [3.63, 3.8) is 0 Å². The van der Waals surface area contributed by atoms with Crippen LogP contribution >= 0.6 is 11.8 Å². The number of fused-ring (bicyclic) bond motifs is 1. The van der Waals surface area contributed by atoms with Gasteiger partial charge in [-0.1, -0.05) is 0 Å². The molecule has 0 atom stereocenters. The minimum atomic E-state index is -1.02. The normalized spacial score (nSPS) is 10.8. The Labute approximate surface area is 142 Å². The smallest absolute Gasteiger partial charge is 0.352 e. The first-order valence-electron chi connectivity index (χ1n) is 7.31. The predicted molar refractivity (Wildman–Crippen MR) is 92.5 cm³/mol. The third-order valence-electron chi connectivity index (χ3n) is 3.35. The average Bonchev–Trinajstić information content (AvgIpc) is 3.00. The fourth-order valence-electron chi connectivity index (χ4n) is 2.31. The molecule has 0 fully saturated rings. The average molecular weight is 344 g/mol. The lowest BCUT2D eigenvalue weighted by Crippen LogP contribution is -1.96. The number of carboxylic acid groups (broad SMARTS) is 1. The van der Waals surface area contributed by atoms with Crippen molar-refractivity contribution >= 4 is 28.6 Å². The van der Waals surface area contributed by atoms with Crippen molar-refractivity contribution in [1.82, 2.24) is 9.97 Å². The second-order valence-electron chi connectivity index (χ2n) is 4.95. The number of H-pyrrole nitrogens is 1. The molecule has 0 aliphatic rings. The van der Waals surface area contributed by atoms with Gasteiger partial charge in [0.2, 0.25) is 0 Å². The number of carboxylic acids is 1. The highest BCUT2D eigenvalue weighted by atomic mass is 32.2. The van der Waals surface area contributed by atoms with Crippen molar-refractivity contribution in [1.29, 1.82) is 0 Å². The summed E-state index contributed by atoms with van der Waals surface area (Å²) in [5, 5.41) is 10.8. The lowest BCUT2D eigenvalue weighted by molar-refractivity contribution is 0.0691. The molecule has 2 N–H and O–H groups in total. The van der Waals surface area contributed by atoms with Gasteiger partial charge in [0.15, 0.2) is 0 Å². The molecule has 0 saturated heterocycles. The van der Waals surface area contributed by atoms with E-state index in [9.17, 15) is 4.79 Å². The lowest BCUT2D eigenvalue weighted by atomic mass is 10.2. The van der Waals surface area contributed by atoms with Gasteiger partial charge in [-0.3, -0.25) is 0 Å². The van der Waals surface area contributed by atoms with Crippen LogP contribution in [0.2, 0.25) is 0 Å². The van der Waals surface area contributed by atoms with E-state index in [4.69, 9.17) is 14.6 Å². The Kier molecular flexibility index (Phi) is 4.61. The van der Waals surface area contributed by atoms with E-state index >= 15 is 0 Å². The van der Waals surface area contributed by atoms with Crippen LogP contribution in [0.25, 0.3) is 10.9 Å². The van der Waals surface area contributed by atoms with Crippen LogP contribution in [0.1, 0.15) is 17.4 Å². The van der Waals surface area contributed by atoms with Gasteiger partial charge >= 0.3 is 5.97 Å². The maximum Gasteiger partial charge on any atom is 0.352 e. The zero-order valence-electron chi connectivity index (χ0n) is 13.2. The monoisotopic (exact) mass is 344 g/mol. The molecule has 3 rings (SSSR count). The molecule has 1 aromatic carbocycles. The molecule has 24 heavy (non-hydrogen) atoms. The molecule has 0 bridgehead atoms. The number of ether oxygens (including phenoxy) is 2. The Morgan fingerprint density at radius 1 is 1.29 bits per heavy atom. The van der Waals surface area contributed by atoms with Gasteiger partial charge in [0.25, 0.3) is 0 Å². The largest absolute Gasteiger partial charge is 0.492 e. The summed E-state index contributed by atoms with van der Waals surface area (Å²) in [6.07, 6.45) is 3.60. The van der Waals surface area contributed by atoms with Gasteiger partial charge in [-0.25, -0.2) is 9.78 Å². The van der Waals surface area contributed by atoms with Crippen LogP contribution in [0.5, 0.6) is 17.2 Å². The van der Waals surface area contributed by atoms with Gasteiger partial charge in [0.1, 0.15) is 22.9 Å². The molecule has 0 aliphatic carbocycles. The summed E-state index contributed by atoms with van der Waals surface area (Å²) in [5.41, 5.74) is 0.742. The van der Waals surface area contributed by atoms with Crippen molar-refractivity contribution in [2.45, 2.75) is 11.9 Å². The molecule has 0 unspecified atom stereocenters. The molecule has 0 spiro atoms. The van der Waals surface area contributed by atoms with Gasteiger partial charge in [-0.05, 0) is 37.4 Å². The van der Waals surface area contributed by atoms with Crippen LogP contribution in [0.15, 0.2) is 41.6 Å². The molecule has 2 aromatic heterocycles. The molecule has 124 valence electrons. The topological polar surface area (TPSA) is 84.4 Å². The van der Waals surface area contributed by atoms with Gasteiger partial charge in [0, 0.05) is 11.5 Å². The van der Waals surface area contributed by atoms with Crippen LogP contribution in [0.3, 0.4) is 0 Å². The van der Waals surface area contributed by atoms with E-state index in [-0.39, 0.29) is 5.69 Å². The summed E-state index contributed by atoms with van der Waals surface area (Å²) in [4.78, 5) is 18.3. The lowest BCUT2D eigenvalue weighted by Gasteiger charge is -2.10. The molecule has 0 amide bonds. The Morgan fingerprint density at radius 2 is 2.12 bits per heavy atom. The van der Waals surface area contributed by atoms with Crippen molar-refractivity contribution in [3.05, 3.63) is 42.2 Å². The first kappa shape index (κ1) is 16.2. The minimum absolute atomic E-state index is 0.106. The Morgan fingerprint density at radius 3 is 2.75 bits per heavy atom. The number of hydrogen-bond acceptors (Lipinski definition) is 5. The van der Waals surface area contributed by atoms with Crippen molar-refractivity contribution in [3.8, 4) is 17.2 Å². The molecule has 0 saturated carbocycles. The van der Waals surface area contributed by atoms with Crippen LogP contribution in [-0.4, -0.2) is 33.9 Å². The van der Waals surface area contributed by atoms with Crippen molar-refractivity contribution in [2.75, 3.05) is 12.9 Å². The standard InChI is InChI=1S/C17H16N2O4S/c1-3-22-14-8-12(23-11-4-5-15(24-2)18-9-11)6-10-7-13(17(20)21)19-16(10)14/h4-9,19H,3H2,1-2H3,(H,20,21). The Hall–Kier alpha value is -2.67. The van der Waals surface area contributed by atoms with Crippen LogP contribution < -0.4 is 9.47 Å². The van der Waals surface area contributed by atoms with Crippen molar-refractivity contribution < 1.29 is 19.4 Å². The van der Waals surface area contributed by atoms with Gasteiger partial charge < -0.3 is 19.6 Å². The fourth-order valence-corrected chi connectivity index (χ4v) is 2.67. The molecule has 7 heteroatoms. The molecular weight excluding hydrogens is 328 g/mol. The number of nitrogens with zero attached hydrogens (tertiary/aromatic N) is 1. The zero-order valence-corrected chi connectivity index (χ0v) is 14.0. The molecule has 3 aromatic rings. The second-order valence-corrected chi connectivity index (χ2v) is 5.77. The van der Waals surface area contributed by atoms with Crippen LogP contribution in [0.4, 0.5) is 0 Å². The molecule has 0 radical (unpaired) electrons. The number of thioether (sulfide) groups is 1. The van der Waals surface area contributed by atoms with Gasteiger partial charge in [-0.15, -0.1) is 11.8 Å². The SMILES string of the molecule is CCOc1cc(Oc2ccc(SC)nc2)cc2cc(C(=O)O)[nH]c12. The molecule has 0 aliphatic heterocycles. The number of carbonyl (C=O) groups is 1. The van der Waals surface area contributed by atoms with E-state index < -0.39 is 5.97 Å². The number of pyridine rings is 1. The quantitative estimate of drug-likeness (QED) is 0.653. The summed E-state index contributed by atoms with van der Waals surface area (Å²) in [7, 11) is 0. The van der Waals surface area contributed by atoms with E-state index in [0.717, 1.165) is 5.03 Å². The second kappa shape index (κ2) is 6.84. The minimum Gasteiger partial charge on any atom is -0.492 e. The number of nitrogens with one attached hydrogen (secondary N) is 1. The zero-order chi connectivity index (χ0) is 17.1. The van der Waals surface area contributed by atoms with E-state index in [2.05, 4.69) is 9.97 Å². The number of benzene rings is 1. The summed E-state index contributed by atoms with van der Waals surface area (Å²) in [6.45, 7) is 2.33. The van der Waals surface area contributed by atoms with Crippen LogP contribution in [0, 0.1) is 0 Å². The first-order chi connectivity index (χ1) is 11.6. The highest BCUT2D eigenvalue weighted by molar-refractivity contribution is 7.98. The van der Waals surface area contributed by atoms with Crippen LogP contribution in [-0.2, 0) is 0 Å². The van der Waals surface area contributed by atoms with Crippen molar-refractivity contribution in [2.24, 2.45) is 0 Å². The van der Waals surface area contributed by atoms with Gasteiger partial charge in [-0.2, -0.15) is 0 Å². The van der Waals surface area contributed by atoms with E-state index in [1.54, 1.807) is 36.2 Å². The number of aromatic carboxylic acids is 1. The third-order valence-corrected chi connectivity index (χ3v) is 4.01. The predicted octanol–water partition coefficient (Wildman–Crippen LogP) is 4.17. The maximum atomic E-state index is 11.2. The first-order valence-corrected chi connectivity index (χ1v) is 8.54. The summed E-state index contributed by atoms with van der Waals surface area (Å²) in [5.74, 6) is 0.684. The highest BCUT2D eigenvalue weighted by Gasteiger charge is 2.13. The summed E-state index contributed by atoms with van der Waals surface area (Å²) in [6, 6.07) is 8.77. The van der Waals surface area contributed by atoms with E-state index in [0.29, 0.717) is 34.8 Å². The molecule has 6 nitrogen and oxygen atoms in total. The Balaban J connectivity index is 1.98. The van der Waals surface area contributed by atoms with E-state index in [1.807, 2.05) is 25.3 Å². The Bertz CT molecular complexity index is 874. The number of hydrogen-bond donors (Lipinski definition) is 2. The molecular formula is C17H16N2O4S. The fraction of sp³-hybridized carbons (Fsp3) is 0.176. The number of aromatic nitrogens is 2. The highest BCUT2D eigenvalue weighted by Crippen LogP contribution is 2.34. The summed E-state index contributed by atoms with van der Waals surface area (Å²) < 4.78 is 11.4. The molecule has 2 heterocycles. The third kappa shape index (κ3) is 3.30. The number of rotatable bonds is 6. The van der Waals surface area contributed by atoms with E-state index in [1.165, 1.54) is 0 Å². The maximum absolute atomic E-state index is 11.2. The number of aromatic amines is 1.